The second-order valence-electron chi connectivity index (χ2n) is 9.74. The van der Waals surface area contributed by atoms with Crippen molar-refractivity contribution in [3.8, 4) is 0 Å². The van der Waals surface area contributed by atoms with Crippen molar-refractivity contribution >= 4 is 81.8 Å². The number of carbonyl (C=O) groups excluding carboxylic acids is 2. The van der Waals surface area contributed by atoms with Gasteiger partial charge in [-0.05, 0) is 31.2 Å². The molecule has 0 radical (unpaired) electrons. The van der Waals surface area contributed by atoms with Crippen molar-refractivity contribution in [3.05, 3.63) is 81.5 Å². The average Bonchev–Trinajstić information content (AvgIpc) is 2.93. The van der Waals surface area contributed by atoms with Crippen LogP contribution in [-0.4, -0.2) is 62.1 Å². The number of hydrogen-bond donors (Lipinski definition) is 5. The van der Waals surface area contributed by atoms with Crippen molar-refractivity contribution in [3.63, 3.8) is 0 Å². The second kappa shape index (κ2) is 10.9. The van der Waals surface area contributed by atoms with Gasteiger partial charge in [-0.15, -0.1) is 0 Å². The topological polar surface area (TPSA) is 253 Å². The third kappa shape index (κ3) is 5.86. The third-order valence-corrected chi connectivity index (χ3v) is 9.67. The van der Waals surface area contributed by atoms with Gasteiger partial charge in [0.1, 0.15) is 20.8 Å². The highest BCUT2D eigenvalue weighted by Gasteiger charge is 2.36. The molecule has 0 spiro atoms. The maximum Gasteiger partial charge on any atom is 0.296 e. The van der Waals surface area contributed by atoms with Gasteiger partial charge < -0.3 is 16.4 Å². The summed E-state index contributed by atoms with van der Waals surface area (Å²) >= 11 is 6.05. The number of fused-ring (bicyclic) bond motifs is 2. The maximum absolute atomic E-state index is 13.5. The smallest absolute Gasteiger partial charge is 0.296 e. The lowest BCUT2D eigenvalue weighted by Crippen LogP contribution is -2.25. The summed E-state index contributed by atoms with van der Waals surface area (Å²) in [4.78, 5) is 32.9. The monoisotopic (exact) mass is 693 g/mol. The van der Waals surface area contributed by atoms with Crippen LogP contribution >= 0.6 is 11.6 Å². The molecular weight excluding hydrogens is 674 g/mol. The number of nitrogen functional groups attached to an aromatic ring is 1. The van der Waals surface area contributed by atoms with Crippen LogP contribution in [0.4, 0.5) is 28.6 Å². The Hall–Kier alpha value is -4.46. The zero-order chi connectivity index (χ0) is 33.2. The number of hydrogen-bond acceptors (Lipinski definition) is 13. The van der Waals surface area contributed by atoms with Crippen molar-refractivity contribution in [1.29, 1.82) is 0 Å². The molecule has 19 heteroatoms. The number of nitrogens with two attached hydrogens (primary N) is 1. The largest absolute Gasteiger partial charge is 0.397 e. The molecule has 15 nitrogen and oxygen atoms in total. The van der Waals surface area contributed by atoms with Crippen molar-refractivity contribution in [2.24, 2.45) is 0 Å². The summed E-state index contributed by atoms with van der Waals surface area (Å²) < 4.78 is 93.1. The second-order valence-corrected chi connectivity index (χ2v) is 14.8. The number of ketones is 2. The van der Waals surface area contributed by atoms with Crippen LogP contribution in [0.2, 0.25) is 5.15 Å². The minimum Gasteiger partial charge on any atom is -0.397 e. The molecule has 0 atom stereocenters. The van der Waals surface area contributed by atoms with E-state index >= 15 is 0 Å². The van der Waals surface area contributed by atoms with Gasteiger partial charge in [0.05, 0.1) is 28.2 Å². The molecule has 5 rings (SSSR count). The van der Waals surface area contributed by atoms with Gasteiger partial charge in [0.2, 0.25) is 15.0 Å². The predicted octanol–water partition coefficient (Wildman–Crippen LogP) is 3.18. The molecule has 3 aromatic carbocycles. The maximum atomic E-state index is 13.5. The number of sulfone groups is 1. The number of halogens is 1. The normalized spacial score (nSPS) is 13.3. The molecule has 0 fully saturated rings. The Balaban J connectivity index is 1.67. The molecule has 0 aliphatic heterocycles. The van der Waals surface area contributed by atoms with Gasteiger partial charge >= 0.3 is 0 Å². The van der Waals surface area contributed by atoms with E-state index in [0.29, 0.717) is 0 Å². The highest BCUT2D eigenvalue weighted by Crippen LogP contribution is 2.41. The number of anilines is 5. The fourth-order valence-corrected chi connectivity index (χ4v) is 6.62. The first-order valence-electron chi connectivity index (χ1n) is 12.3. The summed E-state index contributed by atoms with van der Waals surface area (Å²) in [6.45, 7) is 1.42. The van der Waals surface area contributed by atoms with Gasteiger partial charge in [0.25, 0.3) is 20.2 Å². The molecular formula is C26H20ClN5O10S3. The lowest BCUT2D eigenvalue weighted by Gasteiger charge is -2.24. The number of rotatable bonds is 7. The quantitative estimate of drug-likeness (QED) is 0.0710. The van der Waals surface area contributed by atoms with E-state index in [-0.39, 0.29) is 50.3 Å². The molecule has 0 saturated heterocycles. The van der Waals surface area contributed by atoms with Crippen molar-refractivity contribution in [2.75, 3.05) is 22.6 Å². The molecule has 0 saturated carbocycles. The van der Waals surface area contributed by atoms with E-state index in [0.717, 1.165) is 24.5 Å². The van der Waals surface area contributed by atoms with E-state index in [1.165, 1.54) is 37.3 Å². The number of aromatic nitrogens is 2. The first-order valence-corrected chi connectivity index (χ1v) is 17.5. The van der Waals surface area contributed by atoms with Gasteiger partial charge in [0, 0.05) is 28.6 Å². The Kier molecular flexibility index (Phi) is 7.71. The van der Waals surface area contributed by atoms with Crippen LogP contribution in [0.3, 0.4) is 0 Å². The van der Waals surface area contributed by atoms with Crippen LogP contribution in [0.25, 0.3) is 0 Å². The van der Waals surface area contributed by atoms with Gasteiger partial charge in [-0.1, -0.05) is 35.9 Å². The summed E-state index contributed by atoms with van der Waals surface area (Å²) in [6, 6.07) is 9.80. The third-order valence-electron chi connectivity index (χ3n) is 6.67. The van der Waals surface area contributed by atoms with E-state index in [2.05, 4.69) is 20.6 Å². The standard InChI is InChI=1S/C26H20ClN5O10S3/c1-11-24(27)31-26(43(2,35)36)32-25(11)30-15-8-7-12(9-17(15)44(37,38)39)29-16-10-18(45(40,41)42)21(28)20-19(16)22(33)13-5-3-4-6-14(13)23(20)34/h3-10,29H,28H2,1-2H3,(H,30,31,32)(H,37,38,39)(H,40,41,42). The minimum atomic E-state index is -5.03. The molecule has 45 heavy (non-hydrogen) atoms. The summed E-state index contributed by atoms with van der Waals surface area (Å²) in [7, 11) is -14.0. The molecule has 0 amide bonds. The lowest BCUT2D eigenvalue weighted by molar-refractivity contribution is 0.0980. The highest BCUT2D eigenvalue weighted by atomic mass is 35.5. The number of benzene rings is 3. The van der Waals surface area contributed by atoms with Crippen LogP contribution in [-0.2, 0) is 30.1 Å². The van der Waals surface area contributed by atoms with E-state index in [1.807, 2.05) is 0 Å². The molecule has 1 aliphatic rings. The first kappa shape index (κ1) is 31.9. The molecule has 1 heterocycles. The van der Waals surface area contributed by atoms with Crippen molar-refractivity contribution in [2.45, 2.75) is 21.9 Å². The molecule has 6 N–H and O–H groups in total. The summed E-state index contributed by atoms with van der Waals surface area (Å²) in [5, 5.41) is 4.38. The van der Waals surface area contributed by atoms with Crippen LogP contribution in [0.5, 0.6) is 0 Å². The van der Waals surface area contributed by atoms with Crippen LogP contribution in [0.15, 0.2) is 63.5 Å². The molecule has 234 valence electrons. The Morgan fingerprint density at radius 2 is 1.36 bits per heavy atom. The van der Waals surface area contributed by atoms with Gasteiger partial charge in [0.15, 0.2) is 11.6 Å². The van der Waals surface area contributed by atoms with Gasteiger partial charge in [-0.2, -0.15) is 16.8 Å². The number of nitrogens with one attached hydrogen (secondary N) is 2. The van der Waals surface area contributed by atoms with Crippen LogP contribution < -0.4 is 16.4 Å². The SMILES string of the molecule is Cc1c(Cl)nc(S(C)(=O)=O)nc1Nc1ccc(Nc2cc(S(=O)(=O)O)c(N)c3c2C(=O)c2ccccc2C3=O)cc1S(=O)(=O)O. The van der Waals surface area contributed by atoms with Gasteiger partial charge in [-0.25, -0.2) is 18.4 Å². The van der Waals surface area contributed by atoms with E-state index in [9.17, 15) is 43.9 Å². The summed E-state index contributed by atoms with van der Waals surface area (Å²) in [5.41, 5.74) is 3.77. The number of nitrogens with zero attached hydrogens (tertiary/aromatic N) is 2. The fraction of sp³-hybridized carbons (Fsp3) is 0.0769. The van der Waals surface area contributed by atoms with Crippen molar-refractivity contribution in [1.82, 2.24) is 9.97 Å². The summed E-state index contributed by atoms with van der Waals surface area (Å²) in [6.07, 6.45) is 0.835. The zero-order valence-corrected chi connectivity index (χ0v) is 26.1. The van der Waals surface area contributed by atoms with Gasteiger partial charge in [-0.3, -0.25) is 18.7 Å². The number of carbonyl (C=O) groups is 2. The fourth-order valence-electron chi connectivity index (χ4n) is 4.56. The molecule has 1 aromatic heterocycles. The van der Waals surface area contributed by atoms with E-state index < -0.39 is 67.8 Å². The zero-order valence-electron chi connectivity index (χ0n) is 22.9. The molecule has 4 aromatic rings. The average molecular weight is 694 g/mol. The molecule has 0 unspecified atom stereocenters. The van der Waals surface area contributed by atoms with Crippen LogP contribution in [0.1, 0.15) is 37.4 Å². The predicted molar refractivity (Wildman–Crippen MR) is 162 cm³/mol. The Morgan fingerprint density at radius 1 is 0.778 bits per heavy atom. The molecule has 0 bridgehead atoms. The van der Waals surface area contributed by atoms with Crippen molar-refractivity contribution < 1.29 is 43.9 Å². The minimum absolute atomic E-state index is 0.0115. The first-order chi connectivity index (χ1) is 20.8. The lowest BCUT2D eigenvalue weighted by atomic mass is 9.82. The Labute approximate surface area is 260 Å². The summed E-state index contributed by atoms with van der Waals surface area (Å²) in [5.74, 6) is -1.71. The van der Waals surface area contributed by atoms with E-state index in [1.54, 1.807) is 0 Å². The molecule has 1 aliphatic carbocycles. The Bertz CT molecular complexity index is 2330. The Morgan fingerprint density at radius 3 is 1.91 bits per heavy atom. The van der Waals surface area contributed by atoms with Crippen LogP contribution in [0, 0.1) is 6.92 Å². The van der Waals surface area contributed by atoms with E-state index in [4.69, 9.17) is 17.3 Å². The highest BCUT2D eigenvalue weighted by molar-refractivity contribution is 7.90.